The molecule has 4 rings (SSSR count). The van der Waals surface area contributed by atoms with Crippen molar-refractivity contribution in [3.63, 3.8) is 0 Å². The number of rotatable bonds is 9. The molecule has 6 nitrogen and oxygen atoms in total. The van der Waals surface area contributed by atoms with E-state index in [2.05, 4.69) is 59.4 Å². The second-order valence-electron chi connectivity index (χ2n) is 7.50. The van der Waals surface area contributed by atoms with Gasteiger partial charge in [-0.3, -0.25) is 19.7 Å². The van der Waals surface area contributed by atoms with Gasteiger partial charge in [0.05, 0.1) is 30.3 Å². The van der Waals surface area contributed by atoms with Crippen LogP contribution >= 0.6 is 23.2 Å². The van der Waals surface area contributed by atoms with E-state index in [9.17, 15) is 4.79 Å². The van der Waals surface area contributed by atoms with Crippen LogP contribution in [0.25, 0.3) is 0 Å². The van der Waals surface area contributed by atoms with Crippen LogP contribution in [-0.2, 0) is 0 Å². The lowest BCUT2D eigenvalue weighted by Crippen LogP contribution is -2.34. The zero-order valence-corrected chi connectivity index (χ0v) is 20.5. The third-order valence-electron chi connectivity index (χ3n) is 5.46. The Morgan fingerprint density at radius 2 is 1.36 bits per heavy atom. The molecule has 0 radical (unpaired) electrons. The van der Waals surface area contributed by atoms with E-state index in [1.807, 2.05) is 36.8 Å². The van der Waals surface area contributed by atoms with Crippen LogP contribution in [0.1, 0.15) is 23.2 Å². The summed E-state index contributed by atoms with van der Waals surface area (Å²) in [5.74, 6) is -0.108. The Hall–Kier alpha value is -3.02. The first-order chi connectivity index (χ1) is 16.2. The van der Waals surface area contributed by atoms with Crippen molar-refractivity contribution in [2.45, 2.75) is 12.8 Å². The van der Waals surface area contributed by atoms with Crippen molar-refractivity contribution in [2.24, 2.45) is 0 Å². The molecule has 0 unspecified atom stereocenters. The second-order valence-corrected chi connectivity index (χ2v) is 11.9. The maximum absolute atomic E-state index is 12.4. The average molecular weight is 517 g/mol. The molecule has 0 saturated heterocycles. The van der Waals surface area contributed by atoms with Gasteiger partial charge >= 0.3 is 0 Å². The highest BCUT2D eigenvalue weighted by Gasteiger charge is 2.45. The van der Waals surface area contributed by atoms with Crippen molar-refractivity contribution in [1.29, 1.82) is 0 Å². The van der Waals surface area contributed by atoms with Crippen LogP contribution in [-0.4, -0.2) is 38.5 Å². The molecule has 1 N–H and O–H groups in total. The maximum Gasteiger partial charge on any atom is 0.252 e. The molecule has 166 valence electrons. The fourth-order valence-electron chi connectivity index (χ4n) is 3.86. The number of aromatic nitrogens is 4. The van der Waals surface area contributed by atoms with Crippen LogP contribution in [0.15, 0.2) is 96.5 Å². The van der Waals surface area contributed by atoms with Crippen LogP contribution in [0.4, 0.5) is 0 Å². The number of nitrogens with one attached hydrogen (secondary N) is 1. The van der Waals surface area contributed by atoms with Crippen LogP contribution in [0, 0.1) is 0 Å². The third-order valence-corrected chi connectivity index (χ3v) is 10.3. The molecule has 0 aromatic carbocycles. The van der Waals surface area contributed by atoms with Crippen LogP contribution < -0.4 is 21.2 Å². The Balaban J connectivity index is 1.53. The molecule has 4 aromatic heterocycles. The van der Waals surface area contributed by atoms with E-state index in [0.717, 1.165) is 19.0 Å². The molecular formula is C25H24BrN5OP+. The lowest BCUT2D eigenvalue weighted by Gasteiger charge is -2.26. The third kappa shape index (κ3) is 5.49. The number of hydrogen-bond donors (Lipinski definition) is 1. The van der Waals surface area contributed by atoms with Gasteiger partial charge < -0.3 is 5.32 Å². The van der Waals surface area contributed by atoms with Gasteiger partial charge in [0, 0.05) is 31.3 Å². The molecule has 4 heterocycles. The monoisotopic (exact) mass is 517 g/mol. The molecule has 0 atom stereocenters. The van der Waals surface area contributed by atoms with Crippen LogP contribution in [0.2, 0.25) is 0 Å². The van der Waals surface area contributed by atoms with E-state index >= 15 is 0 Å². The number of carbonyl (C=O) groups excluding carboxylic acids is 1. The fourth-order valence-corrected chi connectivity index (χ4v) is 8.28. The smallest absolute Gasteiger partial charge is 0.252 e. The standard InChI is InChI=1S/C25H23BrN5OP/c26-24-10-9-20(16-31-24)25(32)30-14-1-2-15-33(21-6-3-11-27-17-21,22-7-4-12-28-18-22)23-8-5-13-29-19-23/h3-13,16-19H,1-2,14-15H2/p+1/i26-4. The molecule has 0 spiro atoms. The lowest BCUT2D eigenvalue weighted by molar-refractivity contribution is 0.0953. The largest absolute Gasteiger partial charge is 0.352 e. The first-order valence-corrected chi connectivity index (χ1v) is 13.5. The summed E-state index contributed by atoms with van der Waals surface area (Å²) < 4.78 is 0.709. The van der Waals surface area contributed by atoms with Gasteiger partial charge in [0.1, 0.15) is 27.8 Å². The molecule has 0 saturated carbocycles. The topological polar surface area (TPSA) is 80.7 Å². The summed E-state index contributed by atoms with van der Waals surface area (Å²) in [5, 5.41) is 6.62. The summed E-state index contributed by atoms with van der Waals surface area (Å²) in [4.78, 5) is 29.8. The molecule has 0 fully saturated rings. The van der Waals surface area contributed by atoms with Crippen molar-refractivity contribution in [2.75, 3.05) is 12.7 Å². The van der Waals surface area contributed by atoms with Gasteiger partial charge in [-0.2, -0.15) is 0 Å². The van der Waals surface area contributed by atoms with Gasteiger partial charge in [-0.1, -0.05) is 0 Å². The number of carbonyl (C=O) groups is 1. The highest BCUT2D eigenvalue weighted by atomic mass is 75.9. The second kappa shape index (κ2) is 11.2. The summed E-state index contributed by atoms with van der Waals surface area (Å²) in [6.45, 7) is 0.599. The predicted octanol–water partition coefficient (Wildman–Crippen LogP) is 3.53. The highest BCUT2D eigenvalue weighted by Crippen LogP contribution is 2.55. The number of hydrogen-bond acceptors (Lipinski definition) is 5. The predicted molar refractivity (Wildman–Crippen MR) is 137 cm³/mol. The van der Waals surface area contributed by atoms with E-state index < -0.39 is 7.26 Å². The van der Waals surface area contributed by atoms with Crippen molar-refractivity contribution >= 4 is 45.0 Å². The molecule has 8 heteroatoms. The molecule has 0 aliphatic carbocycles. The van der Waals surface area contributed by atoms with Gasteiger partial charge in [-0.15, -0.1) is 0 Å². The minimum atomic E-state index is -2.00. The molecule has 4 aromatic rings. The highest BCUT2D eigenvalue weighted by molar-refractivity contribution is 9.10. The molecular weight excluding hydrogens is 493 g/mol. The van der Waals surface area contributed by atoms with Gasteiger partial charge in [0.15, 0.2) is 0 Å². The maximum atomic E-state index is 12.4. The quantitative estimate of drug-likeness (QED) is 0.209. The number of pyridine rings is 4. The molecule has 1 amide bonds. The SMILES string of the molecule is O=C(NCCCC[P+](c1cccnc1)(c1cccnc1)c1cccnc1)c1ccc([76Br])nc1. The lowest BCUT2D eigenvalue weighted by atomic mass is 10.2. The summed E-state index contributed by atoms with van der Waals surface area (Å²) in [6.07, 6.45) is 15.6. The van der Waals surface area contributed by atoms with Crippen molar-refractivity contribution in [3.05, 3.63) is 102 Å². The Morgan fingerprint density at radius 3 is 1.82 bits per heavy atom. The summed E-state index contributed by atoms with van der Waals surface area (Å²) in [7, 11) is -2.00. The van der Waals surface area contributed by atoms with E-state index in [1.54, 1.807) is 36.9 Å². The number of halogens is 1. The van der Waals surface area contributed by atoms with Gasteiger partial charge in [0.2, 0.25) is 0 Å². The fraction of sp³-hybridized carbons (Fsp3) is 0.160. The summed E-state index contributed by atoms with van der Waals surface area (Å²) in [6, 6.07) is 16.0. The number of amides is 1. The minimum Gasteiger partial charge on any atom is -0.352 e. The van der Waals surface area contributed by atoms with E-state index in [4.69, 9.17) is 0 Å². The van der Waals surface area contributed by atoms with E-state index in [1.165, 1.54) is 15.9 Å². The Bertz CT molecular complexity index is 1070. The van der Waals surface area contributed by atoms with Gasteiger partial charge in [-0.25, -0.2) is 4.98 Å². The first-order valence-electron chi connectivity index (χ1n) is 10.7. The average Bonchev–Trinajstić information content (AvgIpc) is 2.88. The van der Waals surface area contributed by atoms with Crippen LogP contribution in [0.5, 0.6) is 0 Å². The van der Waals surface area contributed by atoms with Crippen LogP contribution in [0.3, 0.4) is 0 Å². The Morgan fingerprint density at radius 1 is 0.788 bits per heavy atom. The van der Waals surface area contributed by atoms with Gasteiger partial charge in [0.25, 0.3) is 5.91 Å². The Kier molecular flexibility index (Phi) is 7.87. The number of nitrogens with zero attached hydrogens (tertiary/aromatic N) is 4. The molecule has 0 bridgehead atoms. The normalized spacial score (nSPS) is 11.2. The van der Waals surface area contributed by atoms with E-state index in [0.29, 0.717) is 16.7 Å². The van der Waals surface area contributed by atoms with Gasteiger partial charge in [-0.05, 0) is 77.3 Å². The summed E-state index contributed by atoms with van der Waals surface area (Å²) in [5.41, 5.74) is 0.557. The minimum absolute atomic E-state index is 0.108. The molecule has 0 aliphatic heterocycles. The van der Waals surface area contributed by atoms with Crippen molar-refractivity contribution in [3.8, 4) is 0 Å². The first kappa shape index (κ1) is 23.1. The zero-order chi connectivity index (χ0) is 22.9. The number of unbranched alkanes of at least 4 members (excludes halogenated alkanes) is 1. The zero-order valence-electron chi connectivity index (χ0n) is 18.0. The molecule has 33 heavy (non-hydrogen) atoms. The van der Waals surface area contributed by atoms with Crippen molar-refractivity contribution in [1.82, 2.24) is 25.3 Å². The van der Waals surface area contributed by atoms with E-state index in [-0.39, 0.29) is 5.91 Å². The Labute approximate surface area is 202 Å². The molecule has 0 aliphatic rings. The van der Waals surface area contributed by atoms with Crippen molar-refractivity contribution < 1.29 is 4.79 Å². The summed E-state index contributed by atoms with van der Waals surface area (Å²) >= 11 is 3.29.